The Kier molecular flexibility index (Phi) is 9.61. The summed E-state index contributed by atoms with van der Waals surface area (Å²) in [6, 6.07) is 23.4. The summed E-state index contributed by atoms with van der Waals surface area (Å²) in [5.41, 5.74) is 6.51. The molecule has 0 atom stereocenters. The molecular weight excluding hydrogens is 611 g/mol. The number of imidazole rings is 1. The standard InChI is InChI=1S/C28H29N7O2S.C2HF3O2/c1-19-5-9-22(10-6-19)31-28-32-24-17-23(13-14-25(24)35(28)3)34(2)26-15-16-29-27(33-26)30-21-11-7-20(8-12-21)18-38(4,36)37;3-2(4,5)1(6)7/h5-17H,18H2,1-4H3,(H,31,32)(H,29,30,33);(H,6,7). The summed E-state index contributed by atoms with van der Waals surface area (Å²) in [5, 5.41) is 13.7. The van der Waals surface area contributed by atoms with Crippen molar-refractivity contribution < 1.29 is 31.5 Å². The van der Waals surface area contributed by atoms with E-state index in [0.29, 0.717) is 11.8 Å². The molecule has 5 rings (SSSR count). The molecule has 15 heteroatoms. The first-order valence-corrected chi connectivity index (χ1v) is 15.4. The predicted molar refractivity (Wildman–Crippen MR) is 167 cm³/mol. The summed E-state index contributed by atoms with van der Waals surface area (Å²) >= 11 is 0. The first kappa shape index (κ1) is 32.7. The number of nitrogens with zero attached hydrogens (tertiary/aromatic N) is 5. The highest BCUT2D eigenvalue weighted by Crippen LogP contribution is 2.29. The van der Waals surface area contributed by atoms with Crippen LogP contribution in [0.3, 0.4) is 0 Å². The van der Waals surface area contributed by atoms with Crippen molar-refractivity contribution >= 4 is 61.6 Å². The smallest absolute Gasteiger partial charge is 0.475 e. The minimum Gasteiger partial charge on any atom is -0.475 e. The molecule has 3 N–H and O–H groups in total. The Balaban J connectivity index is 0.000000591. The first-order valence-electron chi connectivity index (χ1n) is 13.3. The van der Waals surface area contributed by atoms with Gasteiger partial charge in [-0.05, 0) is 61.0 Å². The maximum Gasteiger partial charge on any atom is 0.490 e. The Hall–Kier alpha value is -5.18. The highest BCUT2D eigenvalue weighted by Gasteiger charge is 2.38. The van der Waals surface area contributed by atoms with E-state index < -0.39 is 22.0 Å². The molecule has 236 valence electrons. The van der Waals surface area contributed by atoms with Crippen molar-refractivity contribution in [2.45, 2.75) is 18.9 Å². The maximum atomic E-state index is 11.5. The molecule has 0 saturated heterocycles. The van der Waals surface area contributed by atoms with Gasteiger partial charge in [-0.2, -0.15) is 18.2 Å². The highest BCUT2D eigenvalue weighted by molar-refractivity contribution is 7.89. The molecule has 0 unspecified atom stereocenters. The molecule has 0 spiro atoms. The molecule has 0 aliphatic rings. The number of sulfone groups is 1. The average Bonchev–Trinajstić information content (AvgIpc) is 3.28. The number of anilines is 6. The zero-order valence-corrected chi connectivity index (χ0v) is 25.5. The van der Waals surface area contributed by atoms with Gasteiger partial charge >= 0.3 is 12.1 Å². The van der Waals surface area contributed by atoms with Crippen LogP contribution in [0.4, 0.5) is 47.9 Å². The van der Waals surface area contributed by atoms with Crippen LogP contribution in [0.25, 0.3) is 11.0 Å². The molecule has 0 saturated carbocycles. The van der Waals surface area contributed by atoms with Crippen molar-refractivity contribution in [2.24, 2.45) is 7.05 Å². The Morgan fingerprint density at radius 1 is 0.956 bits per heavy atom. The average molecular weight is 642 g/mol. The summed E-state index contributed by atoms with van der Waals surface area (Å²) < 4.78 is 56.8. The van der Waals surface area contributed by atoms with Gasteiger partial charge in [-0.25, -0.2) is 23.2 Å². The van der Waals surface area contributed by atoms with E-state index in [1.54, 1.807) is 18.3 Å². The van der Waals surface area contributed by atoms with Crippen molar-refractivity contribution in [3.05, 3.63) is 90.1 Å². The lowest BCUT2D eigenvalue weighted by molar-refractivity contribution is -0.192. The van der Waals surface area contributed by atoms with Gasteiger partial charge in [-0.1, -0.05) is 29.8 Å². The molecule has 2 aromatic heterocycles. The Morgan fingerprint density at radius 3 is 2.16 bits per heavy atom. The fourth-order valence-electron chi connectivity index (χ4n) is 4.12. The fourth-order valence-corrected chi connectivity index (χ4v) is 4.92. The lowest BCUT2D eigenvalue weighted by Gasteiger charge is -2.19. The van der Waals surface area contributed by atoms with Crippen LogP contribution in [0.2, 0.25) is 0 Å². The van der Waals surface area contributed by atoms with Gasteiger partial charge in [0, 0.05) is 43.6 Å². The van der Waals surface area contributed by atoms with Crippen LogP contribution >= 0.6 is 0 Å². The zero-order chi connectivity index (χ0) is 32.9. The number of halogens is 3. The fraction of sp³-hybridized carbons (Fsp3) is 0.200. The van der Waals surface area contributed by atoms with Crippen LogP contribution < -0.4 is 15.5 Å². The molecule has 0 radical (unpaired) electrons. The lowest BCUT2D eigenvalue weighted by Crippen LogP contribution is -2.21. The van der Waals surface area contributed by atoms with E-state index in [9.17, 15) is 21.6 Å². The minimum absolute atomic E-state index is 0.00812. The number of nitrogens with one attached hydrogen (secondary N) is 2. The van der Waals surface area contributed by atoms with Crippen molar-refractivity contribution in [1.29, 1.82) is 0 Å². The topological polar surface area (TPSA) is 142 Å². The van der Waals surface area contributed by atoms with Gasteiger partial charge in [0.1, 0.15) is 5.82 Å². The number of carboxylic acids is 1. The van der Waals surface area contributed by atoms with Crippen molar-refractivity contribution in [2.75, 3.05) is 28.8 Å². The van der Waals surface area contributed by atoms with Gasteiger partial charge in [-0.15, -0.1) is 0 Å². The van der Waals surface area contributed by atoms with E-state index >= 15 is 0 Å². The summed E-state index contributed by atoms with van der Waals surface area (Å²) in [6.45, 7) is 2.06. The quantitative estimate of drug-likeness (QED) is 0.182. The third-order valence-corrected chi connectivity index (χ3v) is 7.28. The van der Waals surface area contributed by atoms with E-state index in [2.05, 4.69) is 39.7 Å². The molecule has 11 nitrogen and oxygen atoms in total. The number of hydrogen-bond donors (Lipinski definition) is 3. The van der Waals surface area contributed by atoms with Crippen LogP contribution in [-0.2, 0) is 27.4 Å². The summed E-state index contributed by atoms with van der Waals surface area (Å²) in [4.78, 5) is 24.7. The van der Waals surface area contributed by atoms with E-state index in [4.69, 9.17) is 14.9 Å². The van der Waals surface area contributed by atoms with Crippen LogP contribution in [-0.4, -0.2) is 58.5 Å². The first-order chi connectivity index (χ1) is 21.1. The van der Waals surface area contributed by atoms with Gasteiger partial charge in [0.2, 0.25) is 11.9 Å². The molecule has 3 aromatic carbocycles. The number of carbonyl (C=O) groups is 1. The molecular formula is C30H30F3N7O4S. The number of benzene rings is 3. The van der Waals surface area contributed by atoms with Crippen molar-refractivity contribution in [3.8, 4) is 0 Å². The van der Waals surface area contributed by atoms with E-state index in [-0.39, 0.29) is 5.75 Å². The van der Waals surface area contributed by atoms with Crippen molar-refractivity contribution in [1.82, 2.24) is 19.5 Å². The number of carboxylic acid groups (broad SMARTS) is 1. The number of alkyl halides is 3. The summed E-state index contributed by atoms with van der Waals surface area (Å²) in [5.74, 6) is -0.834. The number of aryl methyl sites for hydroxylation is 2. The van der Waals surface area contributed by atoms with E-state index in [0.717, 1.165) is 39.6 Å². The van der Waals surface area contributed by atoms with Gasteiger partial charge in [-0.3, -0.25) is 0 Å². The second-order valence-corrected chi connectivity index (χ2v) is 12.3. The second kappa shape index (κ2) is 13.2. The Morgan fingerprint density at radius 2 is 1.56 bits per heavy atom. The van der Waals surface area contributed by atoms with Crippen LogP contribution in [0.15, 0.2) is 79.0 Å². The number of fused-ring (bicyclic) bond motifs is 1. The lowest BCUT2D eigenvalue weighted by atomic mass is 10.2. The van der Waals surface area contributed by atoms with Crippen LogP contribution in [0, 0.1) is 6.92 Å². The molecule has 0 amide bonds. The van der Waals surface area contributed by atoms with Crippen LogP contribution in [0.1, 0.15) is 11.1 Å². The largest absolute Gasteiger partial charge is 0.490 e. The molecule has 0 bridgehead atoms. The van der Waals surface area contributed by atoms with E-state index in [1.165, 1.54) is 11.8 Å². The highest BCUT2D eigenvalue weighted by atomic mass is 32.2. The molecule has 0 aliphatic heterocycles. The molecule has 2 heterocycles. The summed E-state index contributed by atoms with van der Waals surface area (Å²) in [7, 11) is 0.856. The van der Waals surface area contributed by atoms with Gasteiger partial charge in [0.25, 0.3) is 0 Å². The van der Waals surface area contributed by atoms with E-state index in [1.807, 2.05) is 72.1 Å². The molecule has 0 aliphatic carbocycles. The molecule has 0 fully saturated rings. The Labute approximate surface area is 257 Å². The van der Waals surface area contributed by atoms with Crippen LogP contribution in [0.5, 0.6) is 0 Å². The zero-order valence-electron chi connectivity index (χ0n) is 24.7. The third kappa shape index (κ3) is 8.92. The normalized spacial score (nSPS) is 11.4. The second-order valence-electron chi connectivity index (χ2n) is 10.2. The van der Waals surface area contributed by atoms with Crippen molar-refractivity contribution in [3.63, 3.8) is 0 Å². The number of hydrogen-bond acceptors (Lipinski definition) is 9. The number of rotatable bonds is 8. The Bertz CT molecular complexity index is 1910. The third-order valence-electron chi connectivity index (χ3n) is 6.43. The molecule has 5 aromatic rings. The molecule has 45 heavy (non-hydrogen) atoms. The monoisotopic (exact) mass is 641 g/mol. The minimum atomic E-state index is -5.08. The number of aliphatic carboxylic acids is 1. The van der Waals surface area contributed by atoms with Gasteiger partial charge in [0.05, 0.1) is 16.8 Å². The summed E-state index contributed by atoms with van der Waals surface area (Å²) in [6.07, 6.45) is -2.16. The van der Waals surface area contributed by atoms with Gasteiger partial charge in [0.15, 0.2) is 9.84 Å². The SMILES string of the molecule is Cc1ccc(Nc2nc3cc(N(C)c4ccnc(Nc5ccc(CS(C)(=O)=O)cc5)n4)ccc3n2C)cc1.O=C(O)C(F)(F)F. The maximum absolute atomic E-state index is 11.5. The number of aromatic nitrogens is 4. The predicted octanol–water partition coefficient (Wildman–Crippen LogP) is 6.10. The van der Waals surface area contributed by atoms with Gasteiger partial charge < -0.3 is 25.2 Å².